The van der Waals surface area contributed by atoms with Gasteiger partial charge in [0.15, 0.2) is 5.69 Å². The zero-order chi connectivity index (χ0) is 13.2. The van der Waals surface area contributed by atoms with Crippen LogP contribution in [0, 0.1) is 17.2 Å². The molecule has 0 atom stereocenters. The maximum atomic E-state index is 9.28. The summed E-state index contributed by atoms with van der Waals surface area (Å²) < 4.78 is 0. The van der Waals surface area contributed by atoms with Crippen molar-refractivity contribution in [3.63, 3.8) is 0 Å². The van der Waals surface area contributed by atoms with Crippen LogP contribution in [0.5, 0.6) is 0 Å². The maximum absolute atomic E-state index is 9.28. The highest BCUT2D eigenvalue weighted by molar-refractivity contribution is 5.93. The van der Waals surface area contributed by atoms with Gasteiger partial charge in [-0.2, -0.15) is 5.26 Å². The van der Waals surface area contributed by atoms with Gasteiger partial charge in [0.25, 0.3) is 0 Å². The SMILES string of the molecule is CC1CCN(c2c(C#N)nnc3ccccc23)CC1. The molecule has 96 valence electrons. The molecule has 19 heavy (non-hydrogen) atoms. The third kappa shape index (κ3) is 2.12. The van der Waals surface area contributed by atoms with Crippen molar-refractivity contribution in [1.82, 2.24) is 10.2 Å². The van der Waals surface area contributed by atoms with Crippen LogP contribution in [0.25, 0.3) is 10.9 Å². The zero-order valence-electron chi connectivity index (χ0n) is 11.0. The summed E-state index contributed by atoms with van der Waals surface area (Å²) in [7, 11) is 0. The van der Waals surface area contributed by atoms with Crippen LogP contribution in [0.4, 0.5) is 5.69 Å². The zero-order valence-corrected chi connectivity index (χ0v) is 11.0. The van der Waals surface area contributed by atoms with E-state index in [0.29, 0.717) is 5.69 Å². The van der Waals surface area contributed by atoms with E-state index in [-0.39, 0.29) is 0 Å². The van der Waals surface area contributed by atoms with Gasteiger partial charge in [0.1, 0.15) is 6.07 Å². The molecule has 1 saturated heterocycles. The number of hydrogen-bond acceptors (Lipinski definition) is 4. The maximum Gasteiger partial charge on any atom is 0.187 e. The Morgan fingerprint density at radius 2 is 1.95 bits per heavy atom. The van der Waals surface area contributed by atoms with Crippen LogP contribution in [-0.4, -0.2) is 23.3 Å². The number of nitrogens with zero attached hydrogens (tertiary/aromatic N) is 4. The normalized spacial score (nSPS) is 16.5. The number of benzene rings is 1. The average molecular weight is 252 g/mol. The molecule has 0 bridgehead atoms. The van der Waals surface area contributed by atoms with Crippen molar-refractivity contribution >= 4 is 16.6 Å². The van der Waals surface area contributed by atoms with Crippen LogP contribution >= 0.6 is 0 Å². The lowest BCUT2D eigenvalue weighted by molar-refractivity contribution is 0.438. The van der Waals surface area contributed by atoms with E-state index in [4.69, 9.17) is 0 Å². The van der Waals surface area contributed by atoms with E-state index >= 15 is 0 Å². The minimum absolute atomic E-state index is 0.438. The number of hydrogen-bond donors (Lipinski definition) is 0. The van der Waals surface area contributed by atoms with Gasteiger partial charge < -0.3 is 4.90 Å². The molecule has 1 aliphatic rings. The van der Waals surface area contributed by atoms with Gasteiger partial charge in [-0.1, -0.05) is 25.1 Å². The molecule has 0 saturated carbocycles. The predicted molar refractivity (Wildman–Crippen MR) is 74.9 cm³/mol. The second kappa shape index (κ2) is 4.85. The van der Waals surface area contributed by atoms with Gasteiger partial charge in [-0.15, -0.1) is 10.2 Å². The predicted octanol–water partition coefficient (Wildman–Crippen LogP) is 2.74. The number of anilines is 1. The Bertz CT molecular complexity index is 636. The molecule has 0 N–H and O–H groups in total. The monoisotopic (exact) mass is 252 g/mol. The number of aromatic nitrogens is 2. The first-order valence-corrected chi connectivity index (χ1v) is 6.70. The minimum Gasteiger partial charge on any atom is -0.369 e. The van der Waals surface area contributed by atoms with Crippen LogP contribution in [0.1, 0.15) is 25.5 Å². The van der Waals surface area contributed by atoms with E-state index in [0.717, 1.165) is 35.6 Å². The molecule has 2 heterocycles. The number of piperidine rings is 1. The molecule has 0 radical (unpaired) electrons. The average Bonchev–Trinajstić information content (AvgIpc) is 2.47. The quantitative estimate of drug-likeness (QED) is 0.783. The lowest BCUT2D eigenvalue weighted by Gasteiger charge is -2.32. The fourth-order valence-electron chi connectivity index (χ4n) is 2.67. The van der Waals surface area contributed by atoms with E-state index in [1.165, 1.54) is 12.8 Å². The van der Waals surface area contributed by atoms with Crippen molar-refractivity contribution in [2.45, 2.75) is 19.8 Å². The molecule has 4 heteroatoms. The molecule has 1 fully saturated rings. The molecule has 4 nitrogen and oxygen atoms in total. The first-order valence-electron chi connectivity index (χ1n) is 6.70. The summed E-state index contributed by atoms with van der Waals surface area (Å²) >= 11 is 0. The molecule has 0 aliphatic carbocycles. The second-order valence-electron chi connectivity index (χ2n) is 5.20. The Kier molecular flexibility index (Phi) is 3.04. The van der Waals surface area contributed by atoms with Gasteiger partial charge >= 0.3 is 0 Å². The van der Waals surface area contributed by atoms with Crippen LogP contribution in [0.3, 0.4) is 0 Å². The Hall–Kier alpha value is -2.15. The van der Waals surface area contributed by atoms with Crippen molar-refractivity contribution < 1.29 is 0 Å². The Morgan fingerprint density at radius 3 is 2.68 bits per heavy atom. The summed E-state index contributed by atoms with van der Waals surface area (Å²) in [5, 5.41) is 18.5. The van der Waals surface area contributed by atoms with Gasteiger partial charge in [0.2, 0.25) is 0 Å². The number of rotatable bonds is 1. The molecule has 1 aromatic heterocycles. The molecule has 0 spiro atoms. The molecule has 0 amide bonds. The number of fused-ring (bicyclic) bond motifs is 1. The second-order valence-corrected chi connectivity index (χ2v) is 5.20. The van der Waals surface area contributed by atoms with E-state index in [1.54, 1.807) is 0 Å². The first-order chi connectivity index (χ1) is 9.29. The molecule has 3 rings (SSSR count). The third-order valence-electron chi connectivity index (χ3n) is 3.85. The van der Waals surface area contributed by atoms with E-state index in [9.17, 15) is 5.26 Å². The van der Waals surface area contributed by atoms with Crippen molar-refractivity contribution in [2.75, 3.05) is 18.0 Å². The Labute approximate surface area is 112 Å². The van der Waals surface area contributed by atoms with Gasteiger partial charge in [-0.3, -0.25) is 0 Å². The summed E-state index contributed by atoms with van der Waals surface area (Å²) in [6.07, 6.45) is 2.34. The summed E-state index contributed by atoms with van der Waals surface area (Å²) in [6.45, 7) is 4.27. The van der Waals surface area contributed by atoms with Crippen molar-refractivity contribution in [1.29, 1.82) is 5.26 Å². The highest BCUT2D eigenvalue weighted by atomic mass is 15.2. The molecule has 1 aromatic carbocycles. The van der Waals surface area contributed by atoms with Gasteiger partial charge in [-0.25, -0.2) is 0 Å². The standard InChI is InChI=1S/C15H16N4/c1-11-6-8-19(9-7-11)15-12-4-2-3-5-13(12)17-18-14(15)10-16/h2-5,11H,6-9H2,1H3. The Balaban J connectivity index is 2.12. The van der Waals surface area contributed by atoms with E-state index < -0.39 is 0 Å². The lowest BCUT2D eigenvalue weighted by Crippen LogP contribution is -2.33. The van der Waals surface area contributed by atoms with Gasteiger partial charge in [0.05, 0.1) is 11.2 Å². The summed E-state index contributed by atoms with van der Waals surface area (Å²) in [4.78, 5) is 2.29. The van der Waals surface area contributed by atoms with E-state index in [2.05, 4.69) is 28.1 Å². The third-order valence-corrected chi connectivity index (χ3v) is 3.85. The minimum atomic E-state index is 0.438. The van der Waals surface area contributed by atoms with Crippen molar-refractivity contribution in [3.8, 4) is 6.07 Å². The highest BCUT2D eigenvalue weighted by Gasteiger charge is 2.21. The van der Waals surface area contributed by atoms with Gasteiger partial charge in [-0.05, 0) is 24.8 Å². The number of nitriles is 1. The molecular formula is C15H16N4. The summed E-state index contributed by atoms with van der Waals surface area (Å²) in [5.74, 6) is 0.767. The summed E-state index contributed by atoms with van der Waals surface area (Å²) in [6, 6.07) is 10.1. The van der Waals surface area contributed by atoms with Crippen LogP contribution in [-0.2, 0) is 0 Å². The van der Waals surface area contributed by atoms with Gasteiger partial charge in [0, 0.05) is 18.5 Å². The van der Waals surface area contributed by atoms with Crippen LogP contribution in [0.2, 0.25) is 0 Å². The van der Waals surface area contributed by atoms with Crippen molar-refractivity contribution in [3.05, 3.63) is 30.0 Å². The Morgan fingerprint density at radius 1 is 1.21 bits per heavy atom. The van der Waals surface area contributed by atoms with Crippen LogP contribution in [0.15, 0.2) is 24.3 Å². The molecule has 2 aromatic rings. The largest absolute Gasteiger partial charge is 0.369 e. The molecule has 1 aliphatic heterocycles. The molecular weight excluding hydrogens is 236 g/mol. The van der Waals surface area contributed by atoms with E-state index in [1.807, 2.05) is 24.3 Å². The lowest BCUT2D eigenvalue weighted by atomic mass is 9.98. The van der Waals surface area contributed by atoms with Crippen LogP contribution < -0.4 is 4.90 Å². The van der Waals surface area contributed by atoms with Crippen molar-refractivity contribution in [2.24, 2.45) is 5.92 Å². The highest BCUT2D eigenvalue weighted by Crippen LogP contribution is 2.31. The topological polar surface area (TPSA) is 52.8 Å². The molecule has 0 unspecified atom stereocenters. The summed E-state index contributed by atoms with van der Waals surface area (Å²) in [5.41, 5.74) is 2.25. The fourth-order valence-corrected chi connectivity index (χ4v) is 2.67. The smallest absolute Gasteiger partial charge is 0.187 e. The first kappa shape index (κ1) is 11.9. The fraction of sp³-hybridized carbons (Fsp3) is 0.400.